The fourth-order valence-corrected chi connectivity index (χ4v) is 3.92. The van der Waals surface area contributed by atoms with Gasteiger partial charge < -0.3 is 10.2 Å². The second kappa shape index (κ2) is 8.85. The highest BCUT2D eigenvalue weighted by Gasteiger charge is 2.17. The standard InChI is InChI=1S/C23H26N4O/c28-23(22-16-24-18-27(22)21-11-3-1-4-12-21)25-15-19-9-5-6-10-20(19)17-26-13-7-2-8-14-26/h1,3-6,9-12,16,18H,2,7-8,13-15,17H2,(H,25,28)/p+1. The Hall–Kier alpha value is -2.92. The number of carbonyl (C=O) groups is 1. The summed E-state index contributed by atoms with van der Waals surface area (Å²) in [5, 5.41) is 3.08. The van der Waals surface area contributed by atoms with E-state index in [1.54, 1.807) is 17.4 Å². The number of benzene rings is 2. The minimum Gasteiger partial charge on any atom is -0.347 e. The van der Waals surface area contributed by atoms with Crippen molar-refractivity contribution < 1.29 is 9.69 Å². The van der Waals surface area contributed by atoms with Crippen molar-refractivity contribution in [3.05, 3.63) is 83.9 Å². The number of aromatic nitrogens is 2. The number of imidazole rings is 1. The average molecular weight is 375 g/mol. The number of nitrogens with one attached hydrogen (secondary N) is 2. The van der Waals surface area contributed by atoms with Crippen LogP contribution in [0.4, 0.5) is 0 Å². The van der Waals surface area contributed by atoms with E-state index in [1.165, 1.54) is 43.5 Å². The highest BCUT2D eigenvalue weighted by Crippen LogP contribution is 2.12. The lowest BCUT2D eigenvalue weighted by atomic mass is 10.0. The van der Waals surface area contributed by atoms with Crippen LogP contribution in [0, 0.1) is 0 Å². The summed E-state index contributed by atoms with van der Waals surface area (Å²) in [5.41, 5.74) is 4.00. The molecule has 1 aromatic heterocycles. The van der Waals surface area contributed by atoms with Crippen LogP contribution in [0.1, 0.15) is 40.9 Å². The lowest BCUT2D eigenvalue weighted by Crippen LogP contribution is -3.11. The van der Waals surface area contributed by atoms with E-state index in [0.29, 0.717) is 12.2 Å². The smallest absolute Gasteiger partial charge is 0.270 e. The number of hydrogen-bond donors (Lipinski definition) is 2. The van der Waals surface area contributed by atoms with Gasteiger partial charge in [-0.05, 0) is 37.0 Å². The molecule has 0 bridgehead atoms. The molecule has 4 rings (SSSR count). The van der Waals surface area contributed by atoms with Gasteiger partial charge in [0.25, 0.3) is 5.91 Å². The molecule has 5 nitrogen and oxygen atoms in total. The molecule has 1 amide bonds. The predicted octanol–water partition coefficient (Wildman–Crippen LogP) is 2.37. The van der Waals surface area contributed by atoms with Gasteiger partial charge in [-0.25, -0.2) is 4.98 Å². The Morgan fingerprint density at radius 1 is 0.964 bits per heavy atom. The fraction of sp³-hybridized carbons (Fsp3) is 0.304. The summed E-state index contributed by atoms with van der Waals surface area (Å²) < 4.78 is 1.82. The molecular weight excluding hydrogens is 348 g/mol. The largest absolute Gasteiger partial charge is 0.347 e. The summed E-state index contributed by atoms with van der Waals surface area (Å²) in [6.45, 7) is 4.06. The van der Waals surface area contributed by atoms with Crippen molar-refractivity contribution in [3.63, 3.8) is 0 Å². The number of nitrogens with zero attached hydrogens (tertiary/aromatic N) is 2. The Morgan fingerprint density at radius 2 is 1.68 bits per heavy atom. The van der Waals surface area contributed by atoms with Crippen LogP contribution in [0.2, 0.25) is 0 Å². The van der Waals surface area contributed by atoms with Crippen LogP contribution in [0.25, 0.3) is 5.69 Å². The van der Waals surface area contributed by atoms with Crippen LogP contribution in [0.5, 0.6) is 0 Å². The van der Waals surface area contributed by atoms with Crippen molar-refractivity contribution >= 4 is 5.91 Å². The van der Waals surface area contributed by atoms with E-state index in [4.69, 9.17) is 0 Å². The maximum atomic E-state index is 12.8. The molecule has 0 atom stereocenters. The number of hydrogen-bond acceptors (Lipinski definition) is 2. The Labute approximate surface area is 166 Å². The third kappa shape index (κ3) is 4.31. The lowest BCUT2D eigenvalue weighted by Gasteiger charge is -2.24. The van der Waals surface area contributed by atoms with E-state index < -0.39 is 0 Å². The molecular formula is C23H27N4O+. The Bertz CT molecular complexity index is 913. The van der Waals surface area contributed by atoms with E-state index in [-0.39, 0.29) is 5.91 Å². The minimum absolute atomic E-state index is 0.110. The summed E-state index contributed by atoms with van der Waals surface area (Å²) >= 11 is 0. The van der Waals surface area contributed by atoms with Crippen LogP contribution >= 0.6 is 0 Å². The van der Waals surface area contributed by atoms with Gasteiger partial charge in [-0.3, -0.25) is 9.36 Å². The molecule has 5 heteroatoms. The molecule has 0 saturated carbocycles. The Kier molecular flexibility index (Phi) is 5.83. The Morgan fingerprint density at radius 3 is 2.46 bits per heavy atom. The molecule has 2 N–H and O–H groups in total. The van der Waals surface area contributed by atoms with E-state index >= 15 is 0 Å². The number of amides is 1. The van der Waals surface area contributed by atoms with Gasteiger partial charge in [-0.15, -0.1) is 0 Å². The molecule has 144 valence electrons. The van der Waals surface area contributed by atoms with Crippen LogP contribution in [-0.4, -0.2) is 28.5 Å². The Balaban J connectivity index is 1.44. The normalized spacial score (nSPS) is 14.7. The van der Waals surface area contributed by atoms with Gasteiger partial charge in [0.15, 0.2) is 0 Å². The molecule has 1 aliphatic rings. The molecule has 1 fully saturated rings. The molecule has 3 aromatic rings. The average Bonchev–Trinajstić information content (AvgIpc) is 3.24. The van der Waals surface area contributed by atoms with E-state index in [0.717, 1.165) is 12.2 Å². The highest BCUT2D eigenvalue weighted by atomic mass is 16.1. The zero-order valence-corrected chi connectivity index (χ0v) is 16.1. The molecule has 1 aliphatic heterocycles. The van der Waals surface area contributed by atoms with Crippen molar-refractivity contribution in [2.24, 2.45) is 0 Å². The monoisotopic (exact) mass is 375 g/mol. The fourth-order valence-electron chi connectivity index (χ4n) is 3.92. The quantitative estimate of drug-likeness (QED) is 0.695. The van der Waals surface area contributed by atoms with E-state index in [2.05, 4.69) is 28.5 Å². The second-order valence-electron chi connectivity index (χ2n) is 7.42. The molecule has 1 saturated heterocycles. The molecule has 0 aliphatic carbocycles. The van der Waals surface area contributed by atoms with Crippen molar-refractivity contribution in [2.75, 3.05) is 13.1 Å². The van der Waals surface area contributed by atoms with Gasteiger partial charge in [-0.1, -0.05) is 42.5 Å². The zero-order chi connectivity index (χ0) is 19.2. The summed E-state index contributed by atoms with van der Waals surface area (Å²) in [6.07, 6.45) is 7.29. The molecule has 0 spiro atoms. The first-order valence-electron chi connectivity index (χ1n) is 10.1. The number of para-hydroxylation sites is 1. The van der Waals surface area contributed by atoms with Crippen molar-refractivity contribution in [3.8, 4) is 5.69 Å². The summed E-state index contributed by atoms with van der Waals surface area (Å²) in [5.74, 6) is -0.110. The summed E-state index contributed by atoms with van der Waals surface area (Å²) in [6, 6.07) is 18.3. The predicted molar refractivity (Wildman–Crippen MR) is 109 cm³/mol. The number of rotatable bonds is 6. The number of piperidine rings is 1. The van der Waals surface area contributed by atoms with Crippen LogP contribution < -0.4 is 10.2 Å². The van der Waals surface area contributed by atoms with E-state index in [1.807, 2.05) is 41.0 Å². The van der Waals surface area contributed by atoms with Crippen LogP contribution in [-0.2, 0) is 13.1 Å². The van der Waals surface area contributed by atoms with Crippen LogP contribution in [0.3, 0.4) is 0 Å². The van der Waals surface area contributed by atoms with Crippen molar-refractivity contribution in [1.29, 1.82) is 0 Å². The first-order chi connectivity index (χ1) is 13.8. The van der Waals surface area contributed by atoms with Gasteiger partial charge in [0.1, 0.15) is 12.2 Å². The van der Waals surface area contributed by atoms with Gasteiger partial charge in [0.2, 0.25) is 0 Å². The summed E-state index contributed by atoms with van der Waals surface area (Å²) in [4.78, 5) is 18.6. The molecule has 2 heterocycles. The summed E-state index contributed by atoms with van der Waals surface area (Å²) in [7, 11) is 0. The molecule has 2 aromatic carbocycles. The van der Waals surface area contributed by atoms with E-state index in [9.17, 15) is 4.79 Å². The third-order valence-electron chi connectivity index (χ3n) is 5.46. The minimum atomic E-state index is -0.110. The highest BCUT2D eigenvalue weighted by molar-refractivity contribution is 5.93. The first-order valence-corrected chi connectivity index (χ1v) is 10.1. The zero-order valence-electron chi connectivity index (χ0n) is 16.1. The van der Waals surface area contributed by atoms with Crippen LogP contribution in [0.15, 0.2) is 67.1 Å². The topological polar surface area (TPSA) is 51.4 Å². The second-order valence-corrected chi connectivity index (χ2v) is 7.42. The number of carbonyl (C=O) groups excluding carboxylic acids is 1. The lowest BCUT2D eigenvalue weighted by molar-refractivity contribution is -0.918. The van der Waals surface area contributed by atoms with Gasteiger partial charge in [0.05, 0.1) is 25.6 Å². The van der Waals surface area contributed by atoms with Gasteiger partial charge >= 0.3 is 0 Å². The SMILES string of the molecule is O=C(NCc1ccccc1C[NH+]1CCCCC1)c1cncn1-c1ccccc1. The first kappa shape index (κ1) is 18.4. The molecule has 28 heavy (non-hydrogen) atoms. The third-order valence-corrected chi connectivity index (χ3v) is 5.46. The van der Waals surface area contributed by atoms with Crippen molar-refractivity contribution in [1.82, 2.24) is 14.9 Å². The maximum absolute atomic E-state index is 12.8. The van der Waals surface area contributed by atoms with Gasteiger partial charge in [-0.2, -0.15) is 0 Å². The maximum Gasteiger partial charge on any atom is 0.270 e. The number of quaternary nitrogens is 1. The molecule has 0 radical (unpaired) electrons. The van der Waals surface area contributed by atoms with Gasteiger partial charge in [0, 0.05) is 17.8 Å². The molecule has 0 unspecified atom stereocenters. The number of likely N-dealkylation sites (tertiary alicyclic amines) is 1. The van der Waals surface area contributed by atoms with Crippen molar-refractivity contribution in [2.45, 2.75) is 32.4 Å².